The summed E-state index contributed by atoms with van der Waals surface area (Å²) in [7, 11) is 0. The van der Waals surface area contributed by atoms with E-state index in [1.807, 2.05) is 18.3 Å². The Morgan fingerprint density at radius 1 is 1.21 bits per heavy atom. The number of rotatable bonds is 6. The molecular formula is C22H23N5O. The highest BCUT2D eigenvalue weighted by Crippen LogP contribution is 2.54. The molecule has 1 unspecified atom stereocenters. The van der Waals surface area contributed by atoms with E-state index in [1.54, 1.807) is 24.5 Å². The molecule has 6 heteroatoms. The van der Waals surface area contributed by atoms with Crippen molar-refractivity contribution in [2.45, 2.75) is 6.42 Å². The van der Waals surface area contributed by atoms with Crippen LogP contribution in [0.1, 0.15) is 12.0 Å². The Balaban J connectivity index is 1.09. The number of amides is 1. The van der Waals surface area contributed by atoms with Gasteiger partial charge < -0.3 is 10.2 Å². The molecule has 0 spiro atoms. The summed E-state index contributed by atoms with van der Waals surface area (Å²) in [6.45, 7) is 2.95. The van der Waals surface area contributed by atoms with E-state index in [4.69, 9.17) is 0 Å². The molecule has 142 valence electrons. The first kappa shape index (κ1) is 17.0. The Hall–Kier alpha value is -3.15. The van der Waals surface area contributed by atoms with E-state index in [0.717, 1.165) is 54.9 Å². The fraction of sp³-hybridized carbons (Fsp3) is 0.318. The van der Waals surface area contributed by atoms with Crippen molar-refractivity contribution >= 4 is 28.6 Å². The molecule has 3 heterocycles. The first-order chi connectivity index (χ1) is 13.8. The molecule has 2 fully saturated rings. The first-order valence-electron chi connectivity index (χ1n) is 9.82. The normalized spacial score (nSPS) is 23.3. The van der Waals surface area contributed by atoms with Crippen LogP contribution in [0.4, 0.5) is 5.69 Å². The van der Waals surface area contributed by atoms with E-state index < -0.39 is 0 Å². The summed E-state index contributed by atoms with van der Waals surface area (Å²) < 4.78 is 0. The van der Waals surface area contributed by atoms with Crippen LogP contribution in [-0.2, 0) is 4.79 Å². The standard InChI is InChI=1S/C22H23N5O/c28-22(7-6-15-3-2-9-23-11-15)24-10-8-16-18-13-27(14-19(16)18)21-5-1-4-20-17(21)12-25-26-20/h1-7,9,11-12,16,18-19H,8,10,13-14H2,(H,24,28)(H,25,26)/b7-6+/t16?,18-,19+. The summed E-state index contributed by atoms with van der Waals surface area (Å²) in [4.78, 5) is 18.5. The second kappa shape index (κ2) is 7.11. The maximum atomic E-state index is 12.0. The van der Waals surface area contributed by atoms with Crippen LogP contribution in [0.25, 0.3) is 17.0 Å². The lowest BCUT2D eigenvalue weighted by atomic mass is 10.1. The molecule has 0 bridgehead atoms. The molecule has 2 aliphatic rings. The van der Waals surface area contributed by atoms with Gasteiger partial charge in [0.05, 0.1) is 11.7 Å². The van der Waals surface area contributed by atoms with Crippen molar-refractivity contribution in [2.75, 3.05) is 24.5 Å². The Labute approximate surface area is 163 Å². The highest BCUT2D eigenvalue weighted by atomic mass is 16.1. The molecule has 6 nitrogen and oxygen atoms in total. The monoisotopic (exact) mass is 373 g/mol. The lowest BCUT2D eigenvalue weighted by Crippen LogP contribution is -2.26. The molecule has 28 heavy (non-hydrogen) atoms. The zero-order valence-electron chi connectivity index (χ0n) is 15.6. The molecule has 3 atom stereocenters. The predicted octanol–water partition coefficient (Wildman–Crippen LogP) is 2.86. The van der Waals surface area contributed by atoms with E-state index in [2.05, 4.69) is 43.6 Å². The molecule has 1 aromatic carbocycles. The van der Waals surface area contributed by atoms with Gasteiger partial charge in [-0.1, -0.05) is 12.1 Å². The zero-order valence-corrected chi connectivity index (χ0v) is 15.6. The van der Waals surface area contributed by atoms with Crippen LogP contribution in [0, 0.1) is 17.8 Å². The molecule has 2 N–H and O–H groups in total. The predicted molar refractivity (Wildman–Crippen MR) is 110 cm³/mol. The van der Waals surface area contributed by atoms with Crippen molar-refractivity contribution in [1.29, 1.82) is 0 Å². The molecule has 1 saturated heterocycles. The van der Waals surface area contributed by atoms with Gasteiger partial charge in [0.1, 0.15) is 0 Å². The first-order valence-corrected chi connectivity index (χ1v) is 9.82. The molecule has 2 aromatic heterocycles. The van der Waals surface area contributed by atoms with Gasteiger partial charge in [0.15, 0.2) is 0 Å². The van der Waals surface area contributed by atoms with Crippen molar-refractivity contribution < 1.29 is 4.79 Å². The molecule has 3 aromatic rings. The molecule has 1 amide bonds. The maximum absolute atomic E-state index is 12.0. The number of aromatic nitrogens is 3. The van der Waals surface area contributed by atoms with Crippen LogP contribution in [0.5, 0.6) is 0 Å². The van der Waals surface area contributed by atoms with Crippen molar-refractivity contribution in [1.82, 2.24) is 20.5 Å². The Kier molecular flexibility index (Phi) is 4.31. The Morgan fingerprint density at radius 3 is 2.93 bits per heavy atom. The summed E-state index contributed by atoms with van der Waals surface area (Å²) in [5.74, 6) is 2.21. The summed E-state index contributed by atoms with van der Waals surface area (Å²) in [6.07, 6.45) is 9.82. The SMILES string of the molecule is O=C(/C=C/c1cccnc1)NCCC1[C@H]2CN(c3cccc4[nH]ncc34)C[C@@H]12. The topological polar surface area (TPSA) is 73.9 Å². The van der Waals surface area contributed by atoms with Crippen LogP contribution >= 0.6 is 0 Å². The largest absolute Gasteiger partial charge is 0.370 e. The summed E-state index contributed by atoms with van der Waals surface area (Å²) in [5.41, 5.74) is 3.31. The van der Waals surface area contributed by atoms with Gasteiger partial charge in [0.2, 0.25) is 5.91 Å². The number of fused-ring (bicyclic) bond motifs is 2. The van der Waals surface area contributed by atoms with Crippen molar-refractivity contribution in [3.8, 4) is 0 Å². The lowest BCUT2D eigenvalue weighted by molar-refractivity contribution is -0.116. The van der Waals surface area contributed by atoms with Crippen LogP contribution in [-0.4, -0.2) is 40.7 Å². The van der Waals surface area contributed by atoms with Gasteiger partial charge >= 0.3 is 0 Å². The van der Waals surface area contributed by atoms with Crippen molar-refractivity contribution in [3.05, 3.63) is 60.6 Å². The second-order valence-corrected chi connectivity index (χ2v) is 7.70. The number of hydrogen-bond donors (Lipinski definition) is 2. The quantitative estimate of drug-likeness (QED) is 0.652. The van der Waals surface area contributed by atoms with Crippen molar-refractivity contribution in [2.24, 2.45) is 17.8 Å². The second-order valence-electron chi connectivity index (χ2n) is 7.70. The highest BCUT2D eigenvalue weighted by molar-refractivity contribution is 5.92. The number of piperidine rings is 1. The van der Waals surface area contributed by atoms with Crippen molar-refractivity contribution in [3.63, 3.8) is 0 Å². The molecule has 5 rings (SSSR count). The lowest BCUT2D eigenvalue weighted by Gasteiger charge is -2.22. The zero-order chi connectivity index (χ0) is 18.9. The number of aromatic amines is 1. The minimum absolute atomic E-state index is 0.0390. The smallest absolute Gasteiger partial charge is 0.244 e. The number of nitrogens with zero attached hydrogens (tertiary/aromatic N) is 3. The highest BCUT2D eigenvalue weighted by Gasteiger charge is 2.55. The Bertz CT molecular complexity index is 1000. The molecule has 0 radical (unpaired) electrons. The number of carbonyl (C=O) groups excluding carboxylic acids is 1. The number of carbonyl (C=O) groups is 1. The average Bonchev–Trinajstić information content (AvgIpc) is 3.11. The van der Waals surface area contributed by atoms with E-state index in [9.17, 15) is 4.79 Å². The van der Waals surface area contributed by atoms with Gasteiger partial charge in [-0.2, -0.15) is 5.10 Å². The van der Waals surface area contributed by atoms with Gasteiger partial charge in [0.25, 0.3) is 0 Å². The minimum Gasteiger partial charge on any atom is -0.370 e. The van der Waals surface area contributed by atoms with Crippen LogP contribution in [0.15, 0.2) is 55.0 Å². The summed E-state index contributed by atoms with van der Waals surface area (Å²) in [5, 5.41) is 11.4. The van der Waals surface area contributed by atoms with Crippen LogP contribution in [0.3, 0.4) is 0 Å². The number of anilines is 1. The molecule has 1 aliphatic carbocycles. The minimum atomic E-state index is -0.0390. The van der Waals surface area contributed by atoms with Gasteiger partial charge in [0, 0.05) is 49.2 Å². The van der Waals surface area contributed by atoms with Crippen LogP contribution in [0.2, 0.25) is 0 Å². The average molecular weight is 373 g/mol. The fourth-order valence-electron chi connectivity index (χ4n) is 4.57. The van der Waals surface area contributed by atoms with E-state index in [1.165, 1.54) is 11.1 Å². The Morgan fingerprint density at radius 2 is 2.11 bits per heavy atom. The van der Waals surface area contributed by atoms with Gasteiger partial charge in [-0.25, -0.2) is 0 Å². The molecule has 1 aliphatic heterocycles. The third-order valence-electron chi connectivity index (χ3n) is 6.06. The third-order valence-corrected chi connectivity index (χ3v) is 6.06. The maximum Gasteiger partial charge on any atom is 0.244 e. The third kappa shape index (κ3) is 3.26. The van der Waals surface area contributed by atoms with E-state index in [0.29, 0.717) is 0 Å². The number of benzene rings is 1. The fourth-order valence-corrected chi connectivity index (χ4v) is 4.57. The van der Waals surface area contributed by atoms with Gasteiger partial charge in [-0.05, 0) is 54.0 Å². The van der Waals surface area contributed by atoms with Gasteiger partial charge in [-0.15, -0.1) is 0 Å². The molecular weight excluding hydrogens is 350 g/mol. The number of pyridine rings is 1. The summed E-state index contributed by atoms with van der Waals surface area (Å²) in [6, 6.07) is 10.1. The number of H-pyrrole nitrogens is 1. The van der Waals surface area contributed by atoms with E-state index in [-0.39, 0.29) is 5.91 Å². The summed E-state index contributed by atoms with van der Waals surface area (Å²) >= 11 is 0. The van der Waals surface area contributed by atoms with Crippen LogP contribution < -0.4 is 10.2 Å². The number of nitrogens with one attached hydrogen (secondary N) is 2. The van der Waals surface area contributed by atoms with Gasteiger partial charge in [-0.3, -0.25) is 14.9 Å². The number of hydrogen-bond acceptors (Lipinski definition) is 4. The van der Waals surface area contributed by atoms with E-state index >= 15 is 0 Å². The molecule has 1 saturated carbocycles.